The van der Waals surface area contributed by atoms with Gasteiger partial charge in [-0.2, -0.15) is 5.10 Å². The summed E-state index contributed by atoms with van der Waals surface area (Å²) in [4.78, 5) is 27.0. The van der Waals surface area contributed by atoms with Crippen LogP contribution in [-0.4, -0.2) is 36.5 Å². The Hall–Kier alpha value is -4.13. The summed E-state index contributed by atoms with van der Waals surface area (Å²) in [6, 6.07) is 18.9. The molecule has 3 aromatic rings. The van der Waals surface area contributed by atoms with Crippen molar-refractivity contribution in [2.24, 2.45) is 5.10 Å². The van der Waals surface area contributed by atoms with E-state index in [4.69, 9.17) is 10.5 Å². The summed E-state index contributed by atoms with van der Waals surface area (Å²) in [5.74, 6) is 0.885. The third-order valence-electron chi connectivity index (χ3n) is 6.40. The maximum Gasteiger partial charge on any atom is 0.275 e. The van der Waals surface area contributed by atoms with Crippen LogP contribution in [0.25, 0.3) is 0 Å². The fraction of sp³-hybridized carbons (Fsp3) is 0.192. The molecule has 0 aromatic heterocycles. The van der Waals surface area contributed by atoms with E-state index >= 15 is 0 Å². The maximum atomic E-state index is 13.6. The van der Waals surface area contributed by atoms with Crippen LogP contribution in [0.5, 0.6) is 11.5 Å². The standard InChI is InChI=1S/C26H24N4O3/c1-3-29(4-2)18-10-12-22-24(16-18)33-23-15-17(27)9-11-21(23)26(22)20-8-6-5-7-19(20)25(32)30(26)28-13-14-31/h5-16H,3-4,27H2,1-2H3. The van der Waals surface area contributed by atoms with Crippen LogP contribution in [0, 0.1) is 0 Å². The van der Waals surface area contributed by atoms with Gasteiger partial charge in [-0.15, -0.1) is 0 Å². The molecule has 166 valence electrons. The minimum atomic E-state index is -1.09. The lowest BCUT2D eigenvalue weighted by Crippen LogP contribution is -2.44. The molecule has 33 heavy (non-hydrogen) atoms. The Morgan fingerprint density at radius 3 is 2.42 bits per heavy atom. The minimum absolute atomic E-state index is 0.285. The number of carbonyl (C=O) groups is 2. The van der Waals surface area contributed by atoms with Gasteiger partial charge in [0.15, 0.2) is 6.29 Å². The lowest BCUT2D eigenvalue weighted by atomic mass is 9.75. The van der Waals surface area contributed by atoms with Crippen LogP contribution < -0.4 is 15.4 Å². The fourth-order valence-electron chi connectivity index (χ4n) is 4.98. The zero-order chi connectivity index (χ0) is 23.2. The zero-order valence-electron chi connectivity index (χ0n) is 18.5. The number of nitrogen functional groups attached to an aromatic ring is 1. The molecular formula is C26H24N4O3. The van der Waals surface area contributed by atoms with E-state index in [0.29, 0.717) is 29.0 Å². The van der Waals surface area contributed by atoms with Crippen molar-refractivity contribution in [1.29, 1.82) is 0 Å². The fourth-order valence-corrected chi connectivity index (χ4v) is 4.98. The Bertz CT molecular complexity index is 1300. The van der Waals surface area contributed by atoms with Crippen molar-refractivity contribution < 1.29 is 14.3 Å². The van der Waals surface area contributed by atoms with Gasteiger partial charge in [0.1, 0.15) is 17.0 Å². The van der Waals surface area contributed by atoms with E-state index in [0.717, 1.165) is 41.7 Å². The summed E-state index contributed by atoms with van der Waals surface area (Å²) in [7, 11) is 0. The molecule has 0 radical (unpaired) electrons. The number of carbonyl (C=O) groups excluding carboxylic acids is 2. The summed E-state index contributed by atoms with van der Waals surface area (Å²) in [5.41, 5.74) is 9.40. The first-order valence-corrected chi connectivity index (χ1v) is 10.9. The highest BCUT2D eigenvalue weighted by Crippen LogP contribution is 2.58. The molecule has 7 nitrogen and oxygen atoms in total. The van der Waals surface area contributed by atoms with Gasteiger partial charge in [-0.1, -0.05) is 30.3 Å². The number of hydrazone groups is 1. The van der Waals surface area contributed by atoms with Crippen molar-refractivity contribution in [1.82, 2.24) is 5.01 Å². The number of aldehydes is 1. The Labute approximate surface area is 192 Å². The summed E-state index contributed by atoms with van der Waals surface area (Å²) >= 11 is 0. The van der Waals surface area contributed by atoms with Crippen LogP contribution in [0.15, 0.2) is 65.8 Å². The van der Waals surface area contributed by atoms with Crippen molar-refractivity contribution >= 4 is 29.8 Å². The van der Waals surface area contributed by atoms with Gasteiger partial charge in [0.2, 0.25) is 0 Å². The topological polar surface area (TPSA) is 88.2 Å². The van der Waals surface area contributed by atoms with Crippen LogP contribution in [-0.2, 0) is 10.3 Å². The molecule has 1 amide bonds. The zero-order valence-corrected chi connectivity index (χ0v) is 18.5. The normalized spacial score (nSPS) is 18.1. The maximum absolute atomic E-state index is 13.6. The van der Waals surface area contributed by atoms with E-state index in [1.165, 1.54) is 5.01 Å². The predicted octanol–water partition coefficient (Wildman–Crippen LogP) is 4.15. The van der Waals surface area contributed by atoms with E-state index in [-0.39, 0.29) is 5.91 Å². The molecule has 0 saturated carbocycles. The van der Waals surface area contributed by atoms with Gasteiger partial charge < -0.3 is 15.4 Å². The first-order chi connectivity index (χ1) is 16.1. The van der Waals surface area contributed by atoms with Crippen LogP contribution in [0.3, 0.4) is 0 Å². The van der Waals surface area contributed by atoms with Gasteiger partial charge >= 0.3 is 0 Å². The molecule has 0 fully saturated rings. The first kappa shape index (κ1) is 20.8. The molecule has 7 heteroatoms. The van der Waals surface area contributed by atoms with Crippen molar-refractivity contribution in [2.75, 3.05) is 23.7 Å². The molecule has 0 bridgehead atoms. The third kappa shape index (κ3) is 2.85. The molecule has 1 spiro atoms. The monoisotopic (exact) mass is 440 g/mol. The van der Waals surface area contributed by atoms with Gasteiger partial charge in [0.05, 0.1) is 6.21 Å². The van der Waals surface area contributed by atoms with Gasteiger partial charge in [-0.25, -0.2) is 5.01 Å². The molecular weight excluding hydrogens is 416 g/mol. The summed E-state index contributed by atoms with van der Waals surface area (Å²) < 4.78 is 6.36. The van der Waals surface area contributed by atoms with Gasteiger partial charge in [-0.05, 0) is 32.0 Å². The highest BCUT2D eigenvalue weighted by atomic mass is 16.5. The Kier molecular flexibility index (Phi) is 4.89. The van der Waals surface area contributed by atoms with E-state index in [1.54, 1.807) is 18.2 Å². The molecule has 2 heterocycles. The number of nitrogens with zero attached hydrogens (tertiary/aromatic N) is 3. The largest absolute Gasteiger partial charge is 0.456 e. The molecule has 0 saturated heterocycles. The van der Waals surface area contributed by atoms with E-state index < -0.39 is 5.54 Å². The summed E-state index contributed by atoms with van der Waals surface area (Å²) in [6.07, 6.45) is 1.67. The van der Waals surface area contributed by atoms with E-state index in [2.05, 4.69) is 23.8 Å². The third-order valence-corrected chi connectivity index (χ3v) is 6.40. The van der Waals surface area contributed by atoms with Gasteiger partial charge in [0.25, 0.3) is 5.91 Å². The van der Waals surface area contributed by atoms with Crippen molar-refractivity contribution in [3.63, 3.8) is 0 Å². The van der Waals surface area contributed by atoms with Crippen molar-refractivity contribution in [3.05, 3.63) is 82.9 Å². The van der Waals surface area contributed by atoms with Crippen LogP contribution in [0.1, 0.15) is 40.9 Å². The number of nitrogens with two attached hydrogens (primary N) is 1. The molecule has 1 unspecified atom stereocenters. The number of hydrogen-bond acceptors (Lipinski definition) is 6. The molecule has 1 atom stereocenters. The number of rotatable bonds is 5. The first-order valence-electron chi connectivity index (χ1n) is 10.9. The number of benzene rings is 3. The predicted molar refractivity (Wildman–Crippen MR) is 128 cm³/mol. The average molecular weight is 441 g/mol. The number of ether oxygens (including phenoxy) is 1. The van der Waals surface area contributed by atoms with Crippen LogP contribution >= 0.6 is 0 Å². The number of anilines is 2. The lowest BCUT2D eigenvalue weighted by molar-refractivity contribution is -0.102. The van der Waals surface area contributed by atoms with Crippen LogP contribution in [0.4, 0.5) is 11.4 Å². The quantitative estimate of drug-likeness (QED) is 0.366. The molecule has 2 N–H and O–H groups in total. The Morgan fingerprint density at radius 2 is 1.70 bits per heavy atom. The second-order valence-electron chi connectivity index (χ2n) is 7.98. The SMILES string of the molecule is CCN(CC)c1ccc2c(c1)Oc1cc(N)ccc1C21c2ccccc2C(=O)N1N=CC=O. The number of fused-ring (bicyclic) bond motifs is 6. The number of hydrogen-bond donors (Lipinski definition) is 1. The molecule has 0 aliphatic carbocycles. The molecule has 2 aliphatic heterocycles. The van der Waals surface area contributed by atoms with E-state index in [1.807, 2.05) is 42.5 Å². The Morgan fingerprint density at radius 1 is 1.00 bits per heavy atom. The lowest BCUT2D eigenvalue weighted by Gasteiger charge is -2.42. The average Bonchev–Trinajstić information content (AvgIpc) is 3.07. The highest BCUT2D eigenvalue weighted by molar-refractivity contribution is 6.13. The smallest absolute Gasteiger partial charge is 0.275 e. The molecule has 2 aliphatic rings. The molecule has 5 rings (SSSR count). The second kappa shape index (κ2) is 7.78. The Balaban J connectivity index is 1.87. The summed E-state index contributed by atoms with van der Waals surface area (Å²) in [6.45, 7) is 5.90. The summed E-state index contributed by atoms with van der Waals surface area (Å²) in [5, 5.41) is 5.71. The van der Waals surface area contributed by atoms with Crippen molar-refractivity contribution in [2.45, 2.75) is 19.4 Å². The second-order valence-corrected chi connectivity index (χ2v) is 7.98. The van der Waals surface area contributed by atoms with Crippen molar-refractivity contribution in [3.8, 4) is 11.5 Å². The minimum Gasteiger partial charge on any atom is -0.456 e. The van der Waals surface area contributed by atoms with Gasteiger partial charge in [0, 0.05) is 58.9 Å². The molecule has 3 aromatic carbocycles. The highest BCUT2D eigenvalue weighted by Gasteiger charge is 2.57. The number of amides is 1. The van der Waals surface area contributed by atoms with Crippen LogP contribution in [0.2, 0.25) is 0 Å². The van der Waals surface area contributed by atoms with Gasteiger partial charge in [-0.3, -0.25) is 9.59 Å². The van der Waals surface area contributed by atoms with E-state index in [9.17, 15) is 9.59 Å².